The fourth-order valence-corrected chi connectivity index (χ4v) is 1.47. The van der Waals surface area contributed by atoms with Crippen molar-refractivity contribution >= 4 is 5.97 Å². The lowest BCUT2D eigenvalue weighted by Crippen LogP contribution is -2.14. The first kappa shape index (κ1) is 10.2. The second-order valence-corrected chi connectivity index (χ2v) is 3.34. The monoisotopic (exact) mass is 219 g/mol. The summed E-state index contributed by atoms with van der Waals surface area (Å²) in [6.45, 7) is 1.68. The summed E-state index contributed by atoms with van der Waals surface area (Å²) in [5.41, 5.74) is 1.04. The molecule has 0 amide bonds. The number of nitrogens with zero attached hydrogens (tertiary/aromatic N) is 2. The first-order valence-corrected chi connectivity index (χ1v) is 4.56. The van der Waals surface area contributed by atoms with Gasteiger partial charge in [0.2, 0.25) is 0 Å². The van der Waals surface area contributed by atoms with Gasteiger partial charge in [-0.2, -0.15) is 5.10 Å². The van der Waals surface area contributed by atoms with E-state index in [9.17, 15) is 9.59 Å². The maximum absolute atomic E-state index is 11.3. The van der Waals surface area contributed by atoms with Crippen molar-refractivity contribution in [1.82, 2.24) is 14.8 Å². The van der Waals surface area contributed by atoms with Crippen LogP contribution in [0.3, 0.4) is 0 Å². The molecule has 6 heteroatoms. The molecule has 2 N–H and O–H groups in total. The van der Waals surface area contributed by atoms with Crippen LogP contribution in [0.25, 0.3) is 5.69 Å². The van der Waals surface area contributed by atoms with Crippen LogP contribution in [0.5, 0.6) is 0 Å². The summed E-state index contributed by atoms with van der Waals surface area (Å²) in [6.07, 6.45) is 1.34. The summed E-state index contributed by atoms with van der Waals surface area (Å²) in [7, 11) is 0. The van der Waals surface area contributed by atoms with Gasteiger partial charge in [-0.15, -0.1) is 0 Å². The van der Waals surface area contributed by atoms with Crippen LogP contribution in [-0.2, 0) is 0 Å². The fraction of sp³-hybridized carbons (Fsp3) is 0.100. The maximum atomic E-state index is 11.3. The van der Waals surface area contributed by atoms with Crippen LogP contribution < -0.4 is 5.69 Å². The number of carbonyl (C=O) groups is 1. The molecular formula is C10H9N3O3. The second-order valence-electron chi connectivity index (χ2n) is 3.34. The number of H-pyrrole nitrogens is 1. The topological polar surface area (TPSA) is 88.0 Å². The van der Waals surface area contributed by atoms with Gasteiger partial charge >= 0.3 is 11.7 Å². The molecule has 0 radical (unpaired) electrons. The fourth-order valence-electron chi connectivity index (χ4n) is 1.47. The summed E-state index contributed by atoms with van der Waals surface area (Å²) < 4.78 is 1.30. The molecule has 0 spiro atoms. The molecule has 1 aromatic carbocycles. The third-order valence-corrected chi connectivity index (χ3v) is 2.27. The molecule has 0 aliphatic heterocycles. The summed E-state index contributed by atoms with van der Waals surface area (Å²) in [6, 6.07) is 4.65. The van der Waals surface area contributed by atoms with E-state index in [2.05, 4.69) is 10.2 Å². The molecular weight excluding hydrogens is 210 g/mol. The van der Waals surface area contributed by atoms with E-state index < -0.39 is 5.97 Å². The zero-order chi connectivity index (χ0) is 11.7. The molecule has 82 valence electrons. The number of nitrogens with one attached hydrogen (secondary N) is 1. The van der Waals surface area contributed by atoms with E-state index in [1.165, 1.54) is 17.0 Å². The summed E-state index contributed by atoms with van der Waals surface area (Å²) in [5.74, 6) is -0.983. The summed E-state index contributed by atoms with van der Waals surface area (Å²) in [4.78, 5) is 22.1. The SMILES string of the molecule is Cc1cc(-n2cn[nH]c2=O)ccc1C(=O)O. The lowest BCUT2D eigenvalue weighted by atomic mass is 10.1. The van der Waals surface area contributed by atoms with Crippen LogP contribution in [0.15, 0.2) is 29.3 Å². The smallest absolute Gasteiger partial charge is 0.347 e. The highest BCUT2D eigenvalue weighted by atomic mass is 16.4. The Labute approximate surface area is 90.2 Å². The number of aromatic carboxylic acids is 1. The Balaban J connectivity index is 2.54. The maximum Gasteiger partial charge on any atom is 0.347 e. The minimum absolute atomic E-state index is 0.222. The standard InChI is InChI=1S/C10H9N3O3/c1-6-4-7(2-3-8(6)9(14)15)13-5-11-12-10(13)16/h2-5H,1H3,(H,12,16)(H,14,15). The van der Waals surface area contributed by atoms with Crippen molar-refractivity contribution in [3.8, 4) is 5.69 Å². The van der Waals surface area contributed by atoms with E-state index in [1.54, 1.807) is 19.1 Å². The Hall–Kier alpha value is -2.37. The van der Waals surface area contributed by atoms with E-state index in [0.717, 1.165) is 0 Å². The van der Waals surface area contributed by atoms with E-state index >= 15 is 0 Å². The molecule has 1 aromatic heterocycles. The third-order valence-electron chi connectivity index (χ3n) is 2.27. The Morgan fingerprint density at radius 2 is 2.25 bits per heavy atom. The molecule has 1 heterocycles. The van der Waals surface area contributed by atoms with Crippen molar-refractivity contribution in [3.63, 3.8) is 0 Å². The Morgan fingerprint density at radius 1 is 1.50 bits per heavy atom. The van der Waals surface area contributed by atoms with Gasteiger partial charge in [0.1, 0.15) is 6.33 Å². The molecule has 0 saturated heterocycles. The zero-order valence-electron chi connectivity index (χ0n) is 8.47. The molecule has 0 atom stereocenters. The van der Waals surface area contributed by atoms with E-state index in [4.69, 9.17) is 5.11 Å². The van der Waals surface area contributed by atoms with Crippen LogP contribution >= 0.6 is 0 Å². The first-order valence-electron chi connectivity index (χ1n) is 4.56. The van der Waals surface area contributed by atoms with Crippen molar-refractivity contribution in [2.75, 3.05) is 0 Å². The first-order chi connectivity index (χ1) is 7.59. The van der Waals surface area contributed by atoms with Crippen molar-refractivity contribution in [1.29, 1.82) is 0 Å². The number of hydrogen-bond acceptors (Lipinski definition) is 3. The van der Waals surface area contributed by atoms with Gasteiger partial charge in [0.15, 0.2) is 0 Å². The highest BCUT2D eigenvalue weighted by Crippen LogP contribution is 2.13. The van der Waals surface area contributed by atoms with Gasteiger partial charge in [0.05, 0.1) is 11.3 Å². The number of carboxylic acid groups (broad SMARTS) is 1. The molecule has 0 saturated carbocycles. The lowest BCUT2D eigenvalue weighted by molar-refractivity contribution is 0.0696. The van der Waals surface area contributed by atoms with Gasteiger partial charge in [0.25, 0.3) is 0 Å². The average Bonchev–Trinajstić information content (AvgIpc) is 2.63. The molecule has 0 aliphatic carbocycles. The Morgan fingerprint density at radius 3 is 2.75 bits per heavy atom. The quantitative estimate of drug-likeness (QED) is 0.772. The minimum Gasteiger partial charge on any atom is -0.478 e. The third kappa shape index (κ3) is 1.60. The van der Waals surface area contributed by atoms with Gasteiger partial charge in [-0.05, 0) is 30.7 Å². The van der Waals surface area contributed by atoms with Gasteiger partial charge in [0, 0.05) is 0 Å². The van der Waals surface area contributed by atoms with Gasteiger partial charge in [-0.3, -0.25) is 0 Å². The summed E-state index contributed by atoms with van der Waals surface area (Å²) >= 11 is 0. The van der Waals surface area contributed by atoms with E-state index in [0.29, 0.717) is 11.3 Å². The number of aromatic nitrogens is 3. The van der Waals surface area contributed by atoms with Crippen LogP contribution in [0.4, 0.5) is 0 Å². The van der Waals surface area contributed by atoms with Gasteiger partial charge in [-0.25, -0.2) is 19.3 Å². The van der Waals surface area contributed by atoms with Crippen LogP contribution in [0, 0.1) is 6.92 Å². The zero-order valence-corrected chi connectivity index (χ0v) is 8.47. The average molecular weight is 219 g/mol. The van der Waals surface area contributed by atoms with Crippen LogP contribution in [-0.4, -0.2) is 25.8 Å². The number of rotatable bonds is 2. The number of hydrogen-bond donors (Lipinski definition) is 2. The number of benzene rings is 1. The molecule has 0 bridgehead atoms. The van der Waals surface area contributed by atoms with Crippen molar-refractivity contribution in [2.45, 2.75) is 6.92 Å². The molecule has 0 aliphatic rings. The van der Waals surface area contributed by atoms with Crippen molar-refractivity contribution < 1.29 is 9.90 Å². The lowest BCUT2D eigenvalue weighted by Gasteiger charge is -2.04. The van der Waals surface area contributed by atoms with Crippen LogP contribution in [0.2, 0.25) is 0 Å². The largest absolute Gasteiger partial charge is 0.478 e. The Kier molecular flexibility index (Phi) is 2.32. The number of aryl methyl sites for hydroxylation is 1. The molecule has 2 rings (SSSR count). The van der Waals surface area contributed by atoms with E-state index in [1.807, 2.05) is 0 Å². The second kappa shape index (κ2) is 3.65. The predicted molar refractivity (Wildman–Crippen MR) is 55.9 cm³/mol. The molecule has 16 heavy (non-hydrogen) atoms. The number of carboxylic acids is 1. The van der Waals surface area contributed by atoms with Gasteiger partial charge < -0.3 is 5.11 Å². The normalized spacial score (nSPS) is 10.3. The summed E-state index contributed by atoms with van der Waals surface area (Å²) in [5, 5.41) is 14.7. The van der Waals surface area contributed by atoms with Crippen molar-refractivity contribution in [2.24, 2.45) is 0 Å². The molecule has 0 unspecified atom stereocenters. The molecule has 6 nitrogen and oxygen atoms in total. The highest BCUT2D eigenvalue weighted by Gasteiger charge is 2.08. The predicted octanol–water partition coefficient (Wildman–Crippen LogP) is 0.567. The van der Waals surface area contributed by atoms with Crippen molar-refractivity contribution in [3.05, 3.63) is 46.1 Å². The molecule has 0 fully saturated rings. The number of aromatic amines is 1. The van der Waals surface area contributed by atoms with Gasteiger partial charge in [-0.1, -0.05) is 0 Å². The minimum atomic E-state index is -0.983. The highest BCUT2D eigenvalue weighted by molar-refractivity contribution is 5.89. The van der Waals surface area contributed by atoms with E-state index in [-0.39, 0.29) is 11.3 Å². The van der Waals surface area contributed by atoms with Crippen LogP contribution in [0.1, 0.15) is 15.9 Å². The Bertz CT molecular complexity index is 597. The molecule has 2 aromatic rings.